The molecule has 0 saturated heterocycles. The third-order valence-corrected chi connectivity index (χ3v) is 6.50. The average molecular weight is 422 g/mol. The minimum absolute atomic E-state index is 0.148. The minimum atomic E-state index is -3.50. The molecule has 1 aliphatic rings. The molecular weight excluding hydrogens is 402 g/mol. The zero-order valence-corrected chi connectivity index (χ0v) is 16.7. The fourth-order valence-electron chi connectivity index (χ4n) is 3.17. The van der Waals surface area contributed by atoms with Crippen LogP contribution in [-0.4, -0.2) is 55.7 Å². The summed E-state index contributed by atoms with van der Waals surface area (Å²) in [6.45, 7) is 0.382. The van der Waals surface area contributed by atoms with E-state index in [0.717, 1.165) is 0 Å². The number of benzene rings is 2. The van der Waals surface area contributed by atoms with E-state index in [-0.39, 0.29) is 10.6 Å². The predicted octanol–water partition coefficient (Wildman–Crippen LogP) is 2.84. The third-order valence-electron chi connectivity index (χ3n) is 4.43. The lowest BCUT2D eigenvalue weighted by atomic mass is 10.1. The molecule has 0 bridgehead atoms. The van der Waals surface area contributed by atoms with Gasteiger partial charge in [-0.25, -0.2) is 13.2 Å². The molecule has 1 amide bonds. The van der Waals surface area contributed by atoms with Gasteiger partial charge in [-0.15, -0.1) is 0 Å². The molecule has 2 aromatic carbocycles. The van der Waals surface area contributed by atoms with E-state index in [1.807, 2.05) is 0 Å². The van der Waals surface area contributed by atoms with Gasteiger partial charge in [0.2, 0.25) is 0 Å². The molecule has 148 valence electrons. The number of amides is 1. The summed E-state index contributed by atoms with van der Waals surface area (Å²) in [7, 11) is -1.73. The molecule has 2 aromatic rings. The first-order valence-electron chi connectivity index (χ1n) is 8.58. The lowest BCUT2D eigenvalue weighted by Crippen LogP contribution is -2.39. The van der Waals surface area contributed by atoms with Gasteiger partial charge in [0.15, 0.2) is 9.84 Å². The van der Waals surface area contributed by atoms with E-state index < -0.39 is 28.0 Å². The number of aliphatic imine (C=N–C) groups is 1. The Balaban J connectivity index is 1.87. The zero-order valence-electron chi connectivity index (χ0n) is 15.1. The van der Waals surface area contributed by atoms with Gasteiger partial charge in [0.05, 0.1) is 16.7 Å². The Kier molecular flexibility index (Phi) is 5.90. The van der Waals surface area contributed by atoms with Gasteiger partial charge in [-0.3, -0.25) is 4.99 Å². The van der Waals surface area contributed by atoms with E-state index in [1.165, 1.54) is 0 Å². The van der Waals surface area contributed by atoms with E-state index in [2.05, 4.69) is 10.3 Å². The molecular formula is C19H20ClN3O4S. The molecule has 0 saturated carbocycles. The minimum Gasteiger partial charge on any atom is -0.465 e. The number of likely N-dealkylation sites (N-methyl/N-ethyl adjacent to an activating group) is 1. The zero-order chi connectivity index (χ0) is 20.3. The summed E-state index contributed by atoms with van der Waals surface area (Å²) < 4.78 is 25.3. The van der Waals surface area contributed by atoms with Gasteiger partial charge in [-0.05, 0) is 29.8 Å². The molecule has 0 aliphatic carbocycles. The number of sulfone groups is 1. The average Bonchev–Trinajstić information content (AvgIpc) is 3.00. The summed E-state index contributed by atoms with van der Waals surface area (Å²) in [5, 5.41) is 12.2. The van der Waals surface area contributed by atoms with E-state index in [0.29, 0.717) is 23.0 Å². The van der Waals surface area contributed by atoms with E-state index in [1.54, 1.807) is 66.5 Å². The largest absolute Gasteiger partial charge is 0.465 e. The lowest BCUT2D eigenvalue weighted by molar-refractivity contribution is 0.192. The Hall–Kier alpha value is -2.58. The number of carbonyl (C=O) groups is 1. The summed E-state index contributed by atoms with van der Waals surface area (Å²) in [6.07, 6.45) is -1.20. The van der Waals surface area contributed by atoms with Crippen LogP contribution in [0.4, 0.5) is 4.79 Å². The summed E-state index contributed by atoms with van der Waals surface area (Å²) in [4.78, 5) is 17.9. The van der Waals surface area contributed by atoms with Crippen LogP contribution in [0.3, 0.4) is 0 Å². The molecule has 0 aromatic heterocycles. The van der Waals surface area contributed by atoms with Crippen LogP contribution in [-0.2, 0) is 9.84 Å². The lowest BCUT2D eigenvalue weighted by Gasteiger charge is -2.23. The van der Waals surface area contributed by atoms with Crippen LogP contribution in [0.1, 0.15) is 11.6 Å². The molecule has 0 spiro atoms. The van der Waals surface area contributed by atoms with Crippen molar-refractivity contribution in [3.05, 3.63) is 65.2 Å². The first-order chi connectivity index (χ1) is 13.3. The highest BCUT2D eigenvalue weighted by Gasteiger charge is 2.33. The van der Waals surface area contributed by atoms with Crippen molar-refractivity contribution in [1.82, 2.24) is 10.2 Å². The van der Waals surface area contributed by atoms with Gasteiger partial charge in [0.25, 0.3) is 0 Å². The highest BCUT2D eigenvalue weighted by atomic mass is 35.5. The second-order valence-corrected chi connectivity index (χ2v) is 9.02. The number of halogens is 1. The second kappa shape index (κ2) is 8.20. The van der Waals surface area contributed by atoms with Gasteiger partial charge < -0.3 is 15.3 Å². The molecule has 1 heterocycles. The Morgan fingerprint density at radius 2 is 1.89 bits per heavy atom. The van der Waals surface area contributed by atoms with Gasteiger partial charge >= 0.3 is 6.09 Å². The normalized spacial score (nSPS) is 17.9. The van der Waals surface area contributed by atoms with Gasteiger partial charge in [-0.1, -0.05) is 41.9 Å². The molecule has 7 nitrogen and oxygen atoms in total. The second-order valence-electron chi connectivity index (χ2n) is 6.55. The van der Waals surface area contributed by atoms with Crippen molar-refractivity contribution in [1.29, 1.82) is 0 Å². The summed E-state index contributed by atoms with van der Waals surface area (Å²) >= 11 is 5.92. The van der Waals surface area contributed by atoms with E-state index in [9.17, 15) is 18.3 Å². The topological polar surface area (TPSA) is 99.1 Å². The first-order valence-corrected chi connectivity index (χ1v) is 10.6. The summed E-state index contributed by atoms with van der Waals surface area (Å²) in [5.41, 5.74) is 0.670. The third kappa shape index (κ3) is 4.63. The maximum absolute atomic E-state index is 12.6. The highest BCUT2D eigenvalue weighted by Crippen LogP contribution is 2.24. The number of hydrogen-bond acceptors (Lipinski definition) is 5. The Morgan fingerprint density at radius 3 is 2.50 bits per heavy atom. The van der Waals surface area contributed by atoms with Crippen LogP contribution in [0.15, 0.2) is 64.5 Å². The smallest absolute Gasteiger partial charge is 0.405 e. The molecule has 1 aliphatic heterocycles. The van der Waals surface area contributed by atoms with Crippen molar-refractivity contribution in [3.8, 4) is 0 Å². The molecule has 2 N–H and O–H groups in total. The van der Waals surface area contributed by atoms with E-state index in [4.69, 9.17) is 11.6 Å². The Labute approximate surface area is 168 Å². The van der Waals surface area contributed by atoms with Gasteiger partial charge in [0, 0.05) is 18.6 Å². The summed E-state index contributed by atoms with van der Waals surface area (Å²) in [6, 6.07) is 13.8. The quantitative estimate of drug-likeness (QED) is 0.747. The maximum atomic E-state index is 12.6. The Bertz CT molecular complexity index is 978. The highest BCUT2D eigenvalue weighted by molar-refractivity contribution is 7.91. The van der Waals surface area contributed by atoms with Crippen LogP contribution in [0, 0.1) is 0 Å². The molecule has 0 radical (unpaired) electrons. The molecule has 2 unspecified atom stereocenters. The van der Waals surface area contributed by atoms with Crippen molar-refractivity contribution >= 4 is 33.4 Å². The number of carboxylic acid groups (broad SMARTS) is 1. The molecule has 28 heavy (non-hydrogen) atoms. The fourth-order valence-corrected chi connectivity index (χ4v) is 4.75. The first kappa shape index (κ1) is 20.2. The van der Waals surface area contributed by atoms with Gasteiger partial charge in [-0.2, -0.15) is 0 Å². The van der Waals surface area contributed by atoms with Crippen molar-refractivity contribution in [2.45, 2.75) is 17.0 Å². The van der Waals surface area contributed by atoms with Crippen molar-refractivity contribution in [2.24, 2.45) is 4.99 Å². The van der Waals surface area contributed by atoms with Crippen molar-refractivity contribution in [2.75, 3.05) is 19.3 Å². The standard InChI is InChI=1S/C19H20ClN3O4S/c1-23-11-15(12-28(26,27)16-5-3-2-4-6-16)21-18(23)17(22-19(24)25)13-7-9-14(20)10-8-13/h2-10,15,17,22H,11-12H2,1H3,(H,24,25). The van der Waals surface area contributed by atoms with Crippen LogP contribution in [0.5, 0.6) is 0 Å². The van der Waals surface area contributed by atoms with Crippen LogP contribution >= 0.6 is 11.6 Å². The van der Waals surface area contributed by atoms with Crippen LogP contribution in [0.2, 0.25) is 5.02 Å². The van der Waals surface area contributed by atoms with Crippen molar-refractivity contribution < 1.29 is 18.3 Å². The molecule has 9 heteroatoms. The molecule has 2 atom stereocenters. The summed E-state index contributed by atoms with van der Waals surface area (Å²) in [5.74, 6) is 0.323. The number of amidine groups is 1. The Morgan fingerprint density at radius 1 is 1.25 bits per heavy atom. The van der Waals surface area contributed by atoms with Gasteiger partial charge in [0.1, 0.15) is 11.9 Å². The fraction of sp³-hybridized carbons (Fsp3) is 0.263. The van der Waals surface area contributed by atoms with E-state index >= 15 is 0 Å². The SMILES string of the molecule is CN1CC(CS(=O)(=O)c2ccccc2)N=C1C(NC(=O)O)c1ccc(Cl)cc1. The maximum Gasteiger partial charge on any atom is 0.405 e. The molecule has 3 rings (SSSR count). The number of hydrogen-bond donors (Lipinski definition) is 2. The number of nitrogens with one attached hydrogen (secondary N) is 1. The number of nitrogens with zero attached hydrogens (tertiary/aromatic N) is 2. The van der Waals surface area contributed by atoms with Crippen molar-refractivity contribution in [3.63, 3.8) is 0 Å². The van der Waals surface area contributed by atoms with Crippen LogP contribution in [0.25, 0.3) is 0 Å². The monoisotopic (exact) mass is 421 g/mol. The predicted molar refractivity (Wildman–Crippen MR) is 108 cm³/mol. The number of rotatable bonds is 6. The van der Waals surface area contributed by atoms with Crippen LogP contribution < -0.4 is 5.32 Å². The molecule has 0 fully saturated rings.